The Bertz CT molecular complexity index is 709. The molecule has 2 aliphatic carbocycles. The number of hydrogen-bond donors (Lipinski definition) is 1. The summed E-state index contributed by atoms with van der Waals surface area (Å²) in [5.74, 6) is 1.85. The number of esters is 1. The Hall–Kier alpha value is -1.82. The predicted octanol–water partition coefficient (Wildman–Crippen LogP) is 2.31. The van der Waals surface area contributed by atoms with Crippen molar-refractivity contribution in [2.24, 2.45) is 17.8 Å². The smallest absolute Gasteiger partial charge is 0.340 e. The fourth-order valence-electron chi connectivity index (χ4n) is 5.26. The highest BCUT2D eigenvalue weighted by Gasteiger charge is 2.57. The molecule has 1 N–H and O–H groups in total. The van der Waals surface area contributed by atoms with Crippen LogP contribution in [0.2, 0.25) is 0 Å². The lowest BCUT2D eigenvalue weighted by molar-refractivity contribution is -0.00951. The Labute approximate surface area is 147 Å². The number of aromatic amines is 1. The minimum Gasteiger partial charge on any atom is -0.460 e. The van der Waals surface area contributed by atoms with Crippen LogP contribution in [0.3, 0.4) is 0 Å². The number of H-pyrrole nitrogens is 1. The number of ether oxygens (including phenoxy) is 2. The van der Waals surface area contributed by atoms with Gasteiger partial charge >= 0.3 is 5.97 Å². The van der Waals surface area contributed by atoms with E-state index < -0.39 is 5.97 Å². The Morgan fingerprint density at radius 3 is 2.68 bits per heavy atom. The van der Waals surface area contributed by atoms with E-state index in [1.54, 1.807) is 7.11 Å². The Morgan fingerprint density at radius 2 is 1.96 bits per heavy atom. The standard InChI is InChI=1S/C19H26N2O4/c1-10-15(19(23)25-7-6-24-3)11(2)20-16(10)18(22)21-9-14-12-4-5-13(8-12)17(14)21/h12-14,17,20H,4-9H2,1-3H3/t12-,13-,14+,17+/m0/s1. The maximum atomic E-state index is 13.0. The van der Waals surface area contributed by atoms with Crippen LogP contribution in [0.15, 0.2) is 0 Å². The van der Waals surface area contributed by atoms with E-state index in [9.17, 15) is 9.59 Å². The molecular formula is C19H26N2O4. The van der Waals surface area contributed by atoms with E-state index in [0.29, 0.717) is 47.0 Å². The SMILES string of the molecule is COCCOC(=O)c1c(C)[nH]c(C(=O)N2C[C@@H]3[C@H]4CC[C@@H](C4)[C@H]32)c1C. The first-order valence-electron chi connectivity index (χ1n) is 9.19. The number of amides is 1. The molecule has 0 aromatic carbocycles. The van der Waals surface area contributed by atoms with Crippen molar-refractivity contribution in [3.8, 4) is 0 Å². The molecule has 1 aromatic rings. The Morgan fingerprint density at radius 1 is 1.20 bits per heavy atom. The molecule has 6 heteroatoms. The first-order chi connectivity index (χ1) is 12.0. The molecule has 2 bridgehead atoms. The summed E-state index contributed by atoms with van der Waals surface area (Å²) < 4.78 is 10.1. The molecule has 2 saturated carbocycles. The summed E-state index contributed by atoms with van der Waals surface area (Å²) in [6.45, 7) is 5.08. The van der Waals surface area contributed by atoms with Crippen LogP contribution in [0, 0.1) is 31.6 Å². The second kappa shape index (κ2) is 6.16. The molecule has 1 saturated heterocycles. The fourth-order valence-corrected chi connectivity index (χ4v) is 5.26. The maximum absolute atomic E-state index is 13.0. The van der Waals surface area contributed by atoms with Crippen molar-refractivity contribution in [1.29, 1.82) is 0 Å². The molecule has 4 rings (SSSR count). The topological polar surface area (TPSA) is 71.6 Å². The van der Waals surface area contributed by atoms with Gasteiger partial charge in [0, 0.05) is 31.3 Å². The summed E-state index contributed by atoms with van der Waals surface area (Å²) in [4.78, 5) is 30.5. The normalized spacial score (nSPS) is 29.5. The first-order valence-corrected chi connectivity index (χ1v) is 9.19. The lowest BCUT2D eigenvalue weighted by Crippen LogP contribution is -2.61. The summed E-state index contributed by atoms with van der Waals surface area (Å²) in [7, 11) is 1.56. The summed E-state index contributed by atoms with van der Waals surface area (Å²) in [5.41, 5.74) is 2.40. The fraction of sp³-hybridized carbons (Fsp3) is 0.684. The molecule has 3 fully saturated rings. The van der Waals surface area contributed by atoms with Gasteiger partial charge in [-0.15, -0.1) is 0 Å². The van der Waals surface area contributed by atoms with Crippen molar-refractivity contribution >= 4 is 11.9 Å². The third-order valence-electron chi connectivity index (χ3n) is 6.45. The van der Waals surface area contributed by atoms with E-state index >= 15 is 0 Å². The van der Waals surface area contributed by atoms with E-state index in [2.05, 4.69) is 4.98 Å². The zero-order valence-electron chi connectivity index (χ0n) is 15.1. The van der Waals surface area contributed by atoms with E-state index in [1.165, 1.54) is 19.3 Å². The number of fused-ring (bicyclic) bond motifs is 5. The van der Waals surface area contributed by atoms with Crippen molar-refractivity contribution < 1.29 is 19.1 Å². The Balaban J connectivity index is 1.50. The summed E-state index contributed by atoms with van der Waals surface area (Å²) in [6.07, 6.45) is 3.89. The zero-order valence-corrected chi connectivity index (χ0v) is 15.1. The average Bonchev–Trinajstić information content (AvgIpc) is 3.18. The van der Waals surface area contributed by atoms with Crippen LogP contribution < -0.4 is 0 Å². The van der Waals surface area contributed by atoms with Crippen LogP contribution in [0.25, 0.3) is 0 Å². The minimum atomic E-state index is -0.399. The molecule has 1 aromatic heterocycles. The number of hydrogen-bond acceptors (Lipinski definition) is 4. The van der Waals surface area contributed by atoms with Gasteiger partial charge in [-0.2, -0.15) is 0 Å². The van der Waals surface area contributed by atoms with Gasteiger partial charge < -0.3 is 19.4 Å². The lowest BCUT2D eigenvalue weighted by atomic mass is 9.76. The molecule has 2 heterocycles. The zero-order chi connectivity index (χ0) is 17.7. The second-order valence-electron chi connectivity index (χ2n) is 7.70. The van der Waals surface area contributed by atoms with Crippen LogP contribution in [-0.2, 0) is 9.47 Å². The first kappa shape index (κ1) is 16.6. The van der Waals surface area contributed by atoms with Gasteiger partial charge in [0.25, 0.3) is 5.91 Å². The van der Waals surface area contributed by atoms with Gasteiger partial charge in [-0.25, -0.2) is 4.79 Å². The lowest BCUT2D eigenvalue weighted by Gasteiger charge is -2.50. The van der Waals surface area contributed by atoms with E-state index in [0.717, 1.165) is 12.5 Å². The molecule has 0 radical (unpaired) electrons. The molecule has 1 aliphatic heterocycles. The average molecular weight is 346 g/mol. The van der Waals surface area contributed by atoms with Gasteiger partial charge in [-0.3, -0.25) is 4.79 Å². The number of aryl methyl sites for hydroxylation is 1. The number of nitrogens with one attached hydrogen (secondary N) is 1. The molecule has 1 amide bonds. The van der Waals surface area contributed by atoms with Crippen LogP contribution >= 0.6 is 0 Å². The van der Waals surface area contributed by atoms with Gasteiger partial charge in [0.2, 0.25) is 0 Å². The number of carbonyl (C=O) groups is 2. The van der Waals surface area contributed by atoms with E-state index in [-0.39, 0.29) is 12.5 Å². The molecule has 25 heavy (non-hydrogen) atoms. The number of methoxy groups -OCH3 is 1. The van der Waals surface area contributed by atoms with E-state index in [1.807, 2.05) is 18.7 Å². The van der Waals surface area contributed by atoms with Crippen molar-refractivity contribution in [3.63, 3.8) is 0 Å². The maximum Gasteiger partial charge on any atom is 0.340 e. The number of rotatable bonds is 5. The third kappa shape index (κ3) is 2.49. The summed E-state index contributed by atoms with van der Waals surface area (Å²) in [6, 6.07) is 0.423. The van der Waals surface area contributed by atoms with Gasteiger partial charge in [0.15, 0.2) is 0 Å². The van der Waals surface area contributed by atoms with Gasteiger partial charge in [-0.05, 0) is 50.5 Å². The number of likely N-dealkylation sites (tertiary alicyclic amines) is 1. The number of nitrogens with zero attached hydrogens (tertiary/aromatic N) is 1. The molecule has 3 aliphatic rings. The molecule has 4 atom stereocenters. The van der Waals surface area contributed by atoms with Crippen molar-refractivity contribution in [2.45, 2.75) is 39.2 Å². The predicted molar refractivity (Wildman–Crippen MR) is 91.6 cm³/mol. The highest BCUT2D eigenvalue weighted by molar-refractivity contribution is 6.01. The van der Waals surface area contributed by atoms with Crippen molar-refractivity contribution in [1.82, 2.24) is 9.88 Å². The van der Waals surface area contributed by atoms with Crippen molar-refractivity contribution in [2.75, 3.05) is 26.9 Å². The second-order valence-corrected chi connectivity index (χ2v) is 7.70. The van der Waals surface area contributed by atoms with Gasteiger partial charge in [0.05, 0.1) is 12.2 Å². The monoisotopic (exact) mass is 346 g/mol. The van der Waals surface area contributed by atoms with Crippen molar-refractivity contribution in [3.05, 3.63) is 22.5 Å². The quantitative estimate of drug-likeness (QED) is 0.656. The molecule has 0 unspecified atom stereocenters. The molecule has 0 spiro atoms. The van der Waals surface area contributed by atoms with E-state index in [4.69, 9.17) is 9.47 Å². The molecular weight excluding hydrogens is 320 g/mol. The minimum absolute atomic E-state index is 0.0327. The third-order valence-corrected chi connectivity index (χ3v) is 6.45. The number of carbonyl (C=O) groups excluding carboxylic acids is 2. The summed E-state index contributed by atoms with van der Waals surface area (Å²) in [5, 5.41) is 0. The Kier molecular flexibility index (Phi) is 4.10. The largest absolute Gasteiger partial charge is 0.460 e. The highest BCUT2D eigenvalue weighted by Crippen LogP contribution is 2.55. The van der Waals surface area contributed by atoms with Crippen LogP contribution in [0.1, 0.15) is 51.4 Å². The van der Waals surface area contributed by atoms with Crippen LogP contribution in [0.5, 0.6) is 0 Å². The highest BCUT2D eigenvalue weighted by atomic mass is 16.6. The molecule has 6 nitrogen and oxygen atoms in total. The number of aromatic nitrogens is 1. The van der Waals surface area contributed by atoms with Crippen LogP contribution in [0.4, 0.5) is 0 Å². The summed E-state index contributed by atoms with van der Waals surface area (Å²) >= 11 is 0. The van der Waals surface area contributed by atoms with Gasteiger partial charge in [0.1, 0.15) is 12.3 Å². The van der Waals surface area contributed by atoms with Gasteiger partial charge in [-0.1, -0.05) is 0 Å². The molecule has 136 valence electrons. The van der Waals surface area contributed by atoms with Crippen LogP contribution in [-0.4, -0.2) is 54.7 Å².